The molecule has 0 aliphatic heterocycles. The Morgan fingerprint density at radius 2 is 2.25 bits per heavy atom. The van der Waals surface area contributed by atoms with Crippen LogP contribution in [-0.2, 0) is 6.42 Å². The zero-order valence-corrected chi connectivity index (χ0v) is 13.0. The number of hydrogen-bond acceptors (Lipinski definition) is 4. The second-order valence-corrected chi connectivity index (χ2v) is 5.80. The maximum Gasteiger partial charge on any atom is 0.137 e. The lowest BCUT2D eigenvalue weighted by Crippen LogP contribution is -2.20. The Morgan fingerprint density at radius 3 is 2.90 bits per heavy atom. The molecule has 1 unspecified atom stereocenters. The Bertz CT molecular complexity index is 482. The molecule has 0 saturated carbocycles. The summed E-state index contributed by atoms with van der Waals surface area (Å²) in [6.45, 7) is 6.01. The summed E-state index contributed by atoms with van der Waals surface area (Å²) in [6, 6.07) is 8.53. The van der Waals surface area contributed by atoms with E-state index in [1.807, 2.05) is 18.3 Å². The number of aromatic nitrogens is 1. The topological polar surface area (TPSA) is 34.1 Å². The first kappa shape index (κ1) is 15.0. The van der Waals surface area contributed by atoms with Gasteiger partial charge in [0.1, 0.15) is 5.75 Å². The second kappa shape index (κ2) is 8.02. The zero-order chi connectivity index (χ0) is 14.2. The van der Waals surface area contributed by atoms with Gasteiger partial charge in [0.25, 0.3) is 0 Å². The van der Waals surface area contributed by atoms with Crippen molar-refractivity contribution in [3.63, 3.8) is 0 Å². The number of thiophene rings is 1. The van der Waals surface area contributed by atoms with Gasteiger partial charge in [-0.25, -0.2) is 0 Å². The summed E-state index contributed by atoms with van der Waals surface area (Å²) in [5, 5.41) is 5.52. The molecule has 1 N–H and O–H groups in total. The third-order valence-corrected chi connectivity index (χ3v) is 4.04. The largest absolute Gasteiger partial charge is 0.492 e. The van der Waals surface area contributed by atoms with Gasteiger partial charge in [-0.1, -0.05) is 13.0 Å². The van der Waals surface area contributed by atoms with Gasteiger partial charge in [-0.15, -0.1) is 11.3 Å². The molecule has 4 heteroatoms. The standard InChI is InChI=1S/C16H22N2OS/c1-3-9-17-13(2)16-7-6-14(12-18-16)19-10-8-15-5-4-11-20-15/h4-7,11-13,17H,3,8-10H2,1-2H3. The number of rotatable bonds is 8. The zero-order valence-electron chi connectivity index (χ0n) is 12.1. The van der Waals surface area contributed by atoms with Gasteiger partial charge < -0.3 is 10.1 Å². The quantitative estimate of drug-likeness (QED) is 0.802. The third-order valence-electron chi connectivity index (χ3n) is 3.10. The molecule has 0 saturated heterocycles. The Morgan fingerprint density at radius 1 is 1.35 bits per heavy atom. The highest BCUT2D eigenvalue weighted by Gasteiger charge is 2.05. The van der Waals surface area contributed by atoms with Crippen LogP contribution in [0.4, 0.5) is 0 Å². The first-order valence-electron chi connectivity index (χ1n) is 7.14. The molecule has 0 spiro atoms. The van der Waals surface area contributed by atoms with E-state index in [9.17, 15) is 0 Å². The molecule has 108 valence electrons. The number of nitrogens with zero attached hydrogens (tertiary/aromatic N) is 1. The summed E-state index contributed by atoms with van der Waals surface area (Å²) in [7, 11) is 0. The van der Waals surface area contributed by atoms with Crippen LogP contribution in [-0.4, -0.2) is 18.1 Å². The van der Waals surface area contributed by atoms with E-state index in [1.165, 1.54) is 4.88 Å². The molecule has 20 heavy (non-hydrogen) atoms. The van der Waals surface area contributed by atoms with Gasteiger partial charge in [-0.3, -0.25) is 4.98 Å². The van der Waals surface area contributed by atoms with Crippen molar-refractivity contribution < 1.29 is 4.74 Å². The summed E-state index contributed by atoms with van der Waals surface area (Å²) in [5.74, 6) is 0.841. The highest BCUT2D eigenvalue weighted by molar-refractivity contribution is 7.09. The van der Waals surface area contributed by atoms with E-state index in [1.54, 1.807) is 11.3 Å². The van der Waals surface area contributed by atoms with Gasteiger partial charge in [0.2, 0.25) is 0 Å². The molecule has 0 aliphatic rings. The van der Waals surface area contributed by atoms with Gasteiger partial charge in [0.15, 0.2) is 0 Å². The average Bonchev–Trinajstić information content (AvgIpc) is 2.99. The first-order chi connectivity index (χ1) is 9.79. The fraction of sp³-hybridized carbons (Fsp3) is 0.438. The fourth-order valence-electron chi connectivity index (χ4n) is 1.92. The van der Waals surface area contributed by atoms with Crippen molar-refractivity contribution >= 4 is 11.3 Å². The summed E-state index contributed by atoms with van der Waals surface area (Å²) < 4.78 is 5.72. The van der Waals surface area contributed by atoms with Crippen LogP contribution in [0.3, 0.4) is 0 Å². The molecular formula is C16H22N2OS. The number of hydrogen-bond donors (Lipinski definition) is 1. The fourth-order valence-corrected chi connectivity index (χ4v) is 2.61. The predicted octanol–water partition coefficient (Wildman–Crippen LogP) is 3.83. The summed E-state index contributed by atoms with van der Waals surface area (Å²) in [6.07, 6.45) is 3.90. The highest BCUT2D eigenvalue weighted by Crippen LogP contribution is 2.15. The van der Waals surface area contributed by atoms with Gasteiger partial charge in [-0.05, 0) is 43.5 Å². The number of pyridine rings is 1. The number of ether oxygens (including phenoxy) is 1. The second-order valence-electron chi connectivity index (χ2n) is 4.77. The van der Waals surface area contributed by atoms with E-state index < -0.39 is 0 Å². The smallest absolute Gasteiger partial charge is 0.137 e. The Hall–Kier alpha value is -1.39. The van der Waals surface area contributed by atoms with Crippen LogP contribution in [0.15, 0.2) is 35.8 Å². The van der Waals surface area contributed by atoms with Crippen LogP contribution in [0.25, 0.3) is 0 Å². The maximum absolute atomic E-state index is 5.72. The molecule has 0 radical (unpaired) electrons. The van der Waals surface area contributed by atoms with Crippen LogP contribution in [0, 0.1) is 0 Å². The van der Waals surface area contributed by atoms with Crippen molar-refractivity contribution in [2.45, 2.75) is 32.7 Å². The van der Waals surface area contributed by atoms with Crippen LogP contribution in [0.2, 0.25) is 0 Å². The number of nitrogens with one attached hydrogen (secondary N) is 1. The predicted molar refractivity (Wildman–Crippen MR) is 84.5 cm³/mol. The lowest BCUT2D eigenvalue weighted by atomic mass is 10.2. The summed E-state index contributed by atoms with van der Waals surface area (Å²) in [5.41, 5.74) is 1.06. The molecule has 0 aromatic carbocycles. The molecule has 3 nitrogen and oxygen atoms in total. The lowest BCUT2D eigenvalue weighted by molar-refractivity contribution is 0.321. The molecule has 2 heterocycles. The Labute approximate surface area is 125 Å². The molecule has 2 rings (SSSR count). The van der Waals surface area contributed by atoms with E-state index in [4.69, 9.17) is 4.74 Å². The molecule has 0 bridgehead atoms. The van der Waals surface area contributed by atoms with Gasteiger partial charge in [0.05, 0.1) is 18.5 Å². The third kappa shape index (κ3) is 4.62. The van der Waals surface area contributed by atoms with E-state index in [-0.39, 0.29) is 6.04 Å². The monoisotopic (exact) mass is 290 g/mol. The minimum absolute atomic E-state index is 0.287. The van der Waals surface area contributed by atoms with Crippen molar-refractivity contribution in [1.29, 1.82) is 0 Å². The highest BCUT2D eigenvalue weighted by atomic mass is 32.1. The van der Waals surface area contributed by atoms with E-state index in [0.29, 0.717) is 6.61 Å². The van der Waals surface area contributed by atoms with Crippen molar-refractivity contribution in [3.05, 3.63) is 46.4 Å². The molecule has 0 aliphatic carbocycles. The van der Waals surface area contributed by atoms with Crippen LogP contribution in [0.1, 0.15) is 36.9 Å². The van der Waals surface area contributed by atoms with Crippen LogP contribution >= 0.6 is 11.3 Å². The molecule has 0 fully saturated rings. The Balaban J connectivity index is 1.79. The molecule has 0 amide bonds. The van der Waals surface area contributed by atoms with Crippen molar-refractivity contribution in [1.82, 2.24) is 10.3 Å². The van der Waals surface area contributed by atoms with E-state index >= 15 is 0 Å². The molecule has 2 aromatic rings. The minimum Gasteiger partial charge on any atom is -0.492 e. The molecule has 2 aromatic heterocycles. The van der Waals surface area contributed by atoms with Gasteiger partial charge in [-0.2, -0.15) is 0 Å². The van der Waals surface area contributed by atoms with Crippen molar-refractivity contribution in [3.8, 4) is 5.75 Å². The first-order valence-corrected chi connectivity index (χ1v) is 8.02. The summed E-state index contributed by atoms with van der Waals surface area (Å²) in [4.78, 5) is 5.82. The van der Waals surface area contributed by atoms with Crippen molar-refractivity contribution in [2.75, 3.05) is 13.2 Å². The van der Waals surface area contributed by atoms with Gasteiger partial charge in [0, 0.05) is 17.3 Å². The lowest BCUT2D eigenvalue weighted by Gasteiger charge is -2.13. The maximum atomic E-state index is 5.72. The van der Waals surface area contributed by atoms with E-state index in [2.05, 4.69) is 41.7 Å². The molecular weight excluding hydrogens is 268 g/mol. The van der Waals surface area contributed by atoms with Crippen LogP contribution < -0.4 is 10.1 Å². The minimum atomic E-state index is 0.287. The summed E-state index contributed by atoms with van der Waals surface area (Å²) >= 11 is 1.77. The normalized spacial score (nSPS) is 12.3. The average molecular weight is 290 g/mol. The SMILES string of the molecule is CCCNC(C)c1ccc(OCCc2cccs2)cn1. The molecule has 1 atom stereocenters. The van der Waals surface area contributed by atoms with Gasteiger partial charge >= 0.3 is 0 Å². The van der Waals surface area contributed by atoms with Crippen molar-refractivity contribution in [2.24, 2.45) is 0 Å². The Kier molecular flexibility index (Phi) is 6.02. The van der Waals surface area contributed by atoms with E-state index in [0.717, 1.165) is 30.8 Å². The van der Waals surface area contributed by atoms with Crippen LogP contribution in [0.5, 0.6) is 5.75 Å².